The molecular weight excluding hydrogens is 268 g/mol. The average Bonchev–Trinajstić information content (AvgIpc) is 3.29. The van der Waals surface area contributed by atoms with Crippen LogP contribution in [0.2, 0.25) is 0 Å². The van der Waals surface area contributed by atoms with Gasteiger partial charge in [0.25, 0.3) is 0 Å². The van der Waals surface area contributed by atoms with Gasteiger partial charge in [-0.3, -0.25) is 9.59 Å². The molecule has 114 valence electrons. The van der Waals surface area contributed by atoms with Crippen LogP contribution in [0.1, 0.15) is 25.3 Å². The smallest absolute Gasteiger partial charge is 0.239 e. The summed E-state index contributed by atoms with van der Waals surface area (Å²) in [6.07, 6.45) is 1.88. The molecule has 0 radical (unpaired) electrons. The lowest BCUT2D eigenvalue weighted by Crippen LogP contribution is -2.43. The molecule has 21 heavy (non-hydrogen) atoms. The summed E-state index contributed by atoms with van der Waals surface area (Å²) in [4.78, 5) is 23.1. The van der Waals surface area contributed by atoms with Crippen molar-refractivity contribution in [1.82, 2.24) is 10.6 Å². The molecule has 1 atom stereocenters. The van der Waals surface area contributed by atoms with Crippen LogP contribution < -0.4 is 15.4 Å². The van der Waals surface area contributed by atoms with E-state index in [0.717, 1.165) is 18.6 Å². The molecule has 5 heteroatoms. The molecule has 0 bridgehead atoms. The Bertz CT molecular complexity index is 495. The number of amides is 2. The second-order valence-corrected chi connectivity index (χ2v) is 5.58. The first-order valence-electron chi connectivity index (χ1n) is 7.31. The fourth-order valence-corrected chi connectivity index (χ4v) is 1.88. The van der Waals surface area contributed by atoms with Gasteiger partial charge in [-0.2, -0.15) is 0 Å². The summed E-state index contributed by atoms with van der Waals surface area (Å²) >= 11 is 0. The molecule has 1 fully saturated rings. The molecule has 1 aliphatic rings. The number of carbonyl (C=O) groups is 2. The maximum absolute atomic E-state index is 11.7. The van der Waals surface area contributed by atoms with Crippen molar-refractivity contribution in [2.75, 3.05) is 13.2 Å². The molecule has 0 heterocycles. The number of carbonyl (C=O) groups excluding carboxylic acids is 2. The maximum atomic E-state index is 11.7. The van der Waals surface area contributed by atoms with Crippen molar-refractivity contribution in [2.45, 2.75) is 32.7 Å². The average molecular weight is 290 g/mol. The minimum Gasteiger partial charge on any atom is -0.491 e. The van der Waals surface area contributed by atoms with Crippen molar-refractivity contribution in [3.05, 3.63) is 29.8 Å². The number of hydrogen-bond acceptors (Lipinski definition) is 3. The van der Waals surface area contributed by atoms with Gasteiger partial charge in [0.15, 0.2) is 0 Å². The quantitative estimate of drug-likeness (QED) is 0.798. The van der Waals surface area contributed by atoms with E-state index in [1.807, 2.05) is 38.1 Å². The van der Waals surface area contributed by atoms with Gasteiger partial charge in [-0.25, -0.2) is 0 Å². The van der Waals surface area contributed by atoms with E-state index in [4.69, 9.17) is 4.74 Å². The Morgan fingerprint density at radius 2 is 1.95 bits per heavy atom. The van der Waals surface area contributed by atoms with E-state index >= 15 is 0 Å². The van der Waals surface area contributed by atoms with Gasteiger partial charge in [0.2, 0.25) is 11.8 Å². The standard InChI is InChI=1S/C16H22N2O3/c1-11-3-7-14(8-4-11)21-10-12(2)18-15(19)9-17-16(20)13-5-6-13/h3-4,7-8,12-13H,5-6,9-10H2,1-2H3,(H,17,20)(H,18,19)/t12-/m1/s1. The van der Waals surface area contributed by atoms with Crippen molar-refractivity contribution in [1.29, 1.82) is 0 Å². The molecule has 1 saturated carbocycles. The van der Waals surface area contributed by atoms with Crippen molar-refractivity contribution in [3.63, 3.8) is 0 Å². The summed E-state index contributed by atoms with van der Waals surface area (Å²) < 4.78 is 5.60. The Kier molecular flexibility index (Phi) is 5.20. The maximum Gasteiger partial charge on any atom is 0.239 e. The molecule has 2 amide bonds. The lowest BCUT2D eigenvalue weighted by Gasteiger charge is -2.15. The van der Waals surface area contributed by atoms with Crippen LogP contribution in [-0.4, -0.2) is 31.0 Å². The molecule has 0 saturated heterocycles. The van der Waals surface area contributed by atoms with Crippen LogP contribution in [0.3, 0.4) is 0 Å². The zero-order valence-corrected chi connectivity index (χ0v) is 12.5. The second kappa shape index (κ2) is 7.11. The van der Waals surface area contributed by atoms with E-state index in [9.17, 15) is 9.59 Å². The van der Waals surface area contributed by atoms with Crippen molar-refractivity contribution < 1.29 is 14.3 Å². The third-order valence-corrected chi connectivity index (χ3v) is 3.30. The highest BCUT2D eigenvalue weighted by molar-refractivity contribution is 5.86. The highest BCUT2D eigenvalue weighted by Crippen LogP contribution is 2.28. The minimum atomic E-state index is -0.191. The van der Waals surface area contributed by atoms with Crippen molar-refractivity contribution >= 4 is 11.8 Å². The lowest BCUT2D eigenvalue weighted by atomic mass is 10.2. The Labute approximate surface area is 125 Å². The molecule has 1 aromatic carbocycles. The van der Waals surface area contributed by atoms with E-state index in [0.29, 0.717) is 6.61 Å². The number of benzene rings is 1. The number of aryl methyl sites for hydroxylation is 1. The topological polar surface area (TPSA) is 67.4 Å². The molecule has 1 aromatic rings. The van der Waals surface area contributed by atoms with Crippen LogP contribution in [0.25, 0.3) is 0 Å². The van der Waals surface area contributed by atoms with Crippen LogP contribution in [0.5, 0.6) is 5.75 Å². The summed E-state index contributed by atoms with van der Waals surface area (Å²) in [6, 6.07) is 7.65. The number of nitrogens with one attached hydrogen (secondary N) is 2. The highest BCUT2D eigenvalue weighted by atomic mass is 16.5. The molecule has 1 aliphatic carbocycles. The third-order valence-electron chi connectivity index (χ3n) is 3.30. The Balaban J connectivity index is 1.63. The molecule has 2 N–H and O–H groups in total. The van der Waals surface area contributed by atoms with Gasteiger partial charge < -0.3 is 15.4 Å². The van der Waals surface area contributed by atoms with E-state index in [1.54, 1.807) is 0 Å². The van der Waals surface area contributed by atoms with Crippen LogP contribution >= 0.6 is 0 Å². The van der Waals surface area contributed by atoms with Crippen molar-refractivity contribution in [3.8, 4) is 5.75 Å². The normalized spacial score (nSPS) is 15.1. The molecule has 5 nitrogen and oxygen atoms in total. The van der Waals surface area contributed by atoms with E-state index in [2.05, 4.69) is 10.6 Å². The molecular formula is C16H22N2O3. The zero-order chi connectivity index (χ0) is 15.2. The fraction of sp³-hybridized carbons (Fsp3) is 0.500. The van der Waals surface area contributed by atoms with E-state index in [1.165, 1.54) is 5.56 Å². The van der Waals surface area contributed by atoms with Gasteiger partial charge in [-0.05, 0) is 38.8 Å². The van der Waals surface area contributed by atoms with Gasteiger partial charge in [-0.1, -0.05) is 17.7 Å². The van der Waals surface area contributed by atoms with Crippen molar-refractivity contribution in [2.24, 2.45) is 5.92 Å². The molecule has 0 spiro atoms. The summed E-state index contributed by atoms with van der Waals surface area (Å²) in [5.74, 6) is 0.696. The third kappa shape index (κ3) is 5.45. The van der Waals surface area contributed by atoms with Gasteiger partial charge >= 0.3 is 0 Å². The van der Waals surface area contributed by atoms with Crippen LogP contribution in [0, 0.1) is 12.8 Å². The summed E-state index contributed by atoms with van der Waals surface area (Å²) in [5.41, 5.74) is 1.18. The zero-order valence-electron chi connectivity index (χ0n) is 12.5. The number of ether oxygens (including phenoxy) is 1. The molecule has 0 aromatic heterocycles. The lowest BCUT2D eigenvalue weighted by molar-refractivity contribution is -0.127. The first-order chi connectivity index (χ1) is 10.0. The highest BCUT2D eigenvalue weighted by Gasteiger charge is 2.29. The first kappa shape index (κ1) is 15.4. The van der Waals surface area contributed by atoms with E-state index < -0.39 is 0 Å². The van der Waals surface area contributed by atoms with E-state index in [-0.39, 0.29) is 30.3 Å². The monoisotopic (exact) mass is 290 g/mol. The molecule has 0 aliphatic heterocycles. The fourth-order valence-electron chi connectivity index (χ4n) is 1.88. The first-order valence-corrected chi connectivity index (χ1v) is 7.31. The number of rotatable bonds is 7. The van der Waals surface area contributed by atoms with Gasteiger partial charge in [0.05, 0.1) is 12.6 Å². The Hall–Kier alpha value is -2.04. The van der Waals surface area contributed by atoms with Crippen LogP contribution in [-0.2, 0) is 9.59 Å². The largest absolute Gasteiger partial charge is 0.491 e. The molecule has 0 unspecified atom stereocenters. The van der Waals surface area contributed by atoms with Gasteiger partial charge in [0.1, 0.15) is 12.4 Å². The summed E-state index contributed by atoms with van der Waals surface area (Å²) in [5, 5.41) is 5.44. The Morgan fingerprint density at radius 3 is 2.57 bits per heavy atom. The van der Waals surface area contributed by atoms with Crippen LogP contribution in [0.15, 0.2) is 24.3 Å². The predicted octanol–water partition coefficient (Wildman–Crippen LogP) is 1.40. The predicted molar refractivity (Wildman–Crippen MR) is 80.0 cm³/mol. The van der Waals surface area contributed by atoms with Gasteiger partial charge in [0, 0.05) is 5.92 Å². The number of hydrogen-bond donors (Lipinski definition) is 2. The summed E-state index contributed by atoms with van der Waals surface area (Å²) in [7, 11) is 0. The van der Waals surface area contributed by atoms with Gasteiger partial charge in [-0.15, -0.1) is 0 Å². The second-order valence-electron chi connectivity index (χ2n) is 5.58. The van der Waals surface area contributed by atoms with Crippen LogP contribution in [0.4, 0.5) is 0 Å². The SMILES string of the molecule is Cc1ccc(OC[C@@H](C)NC(=O)CNC(=O)C2CC2)cc1. The minimum absolute atomic E-state index is 0.0197. The Morgan fingerprint density at radius 1 is 1.29 bits per heavy atom. The molecule has 2 rings (SSSR count). The summed E-state index contributed by atoms with van der Waals surface area (Å²) in [6.45, 7) is 4.31.